The molecule has 0 spiro atoms. The first-order valence-electron chi connectivity index (χ1n) is 5.28. The van der Waals surface area contributed by atoms with E-state index >= 15 is 0 Å². The lowest BCUT2D eigenvalue weighted by Gasteiger charge is -2.08. The van der Waals surface area contributed by atoms with Crippen molar-refractivity contribution in [3.05, 3.63) is 28.5 Å². The average Bonchev–Trinajstić information content (AvgIpc) is 2.33. The van der Waals surface area contributed by atoms with Crippen molar-refractivity contribution in [2.45, 2.75) is 0 Å². The number of aliphatic carboxylic acids is 1. The fraction of sp³-hybridized carbons (Fsp3) is 0.273. The van der Waals surface area contributed by atoms with Gasteiger partial charge in [-0.05, 0) is 34.1 Å². The van der Waals surface area contributed by atoms with Crippen LogP contribution in [0.1, 0.15) is 0 Å². The smallest absolute Gasteiger partial charge is 0.329 e. The third kappa shape index (κ3) is 6.16. The van der Waals surface area contributed by atoms with Gasteiger partial charge in [0.25, 0.3) is 0 Å². The number of amides is 2. The van der Waals surface area contributed by atoms with E-state index in [0.29, 0.717) is 10.2 Å². The van der Waals surface area contributed by atoms with Gasteiger partial charge in [-0.15, -0.1) is 0 Å². The highest BCUT2D eigenvalue weighted by Gasteiger charge is 2.04. The molecule has 0 unspecified atom stereocenters. The first-order chi connectivity index (χ1) is 8.99. The third-order valence-corrected chi connectivity index (χ3v) is 2.58. The molecule has 0 saturated carbocycles. The van der Waals surface area contributed by atoms with E-state index in [1.54, 1.807) is 0 Å². The van der Waals surface area contributed by atoms with Gasteiger partial charge in [0.1, 0.15) is 12.4 Å². The molecule has 0 aliphatic carbocycles. The first kappa shape index (κ1) is 15.4. The predicted molar refractivity (Wildman–Crippen MR) is 69.6 cm³/mol. The Kier molecular flexibility index (Phi) is 6.23. The monoisotopic (exact) mass is 334 g/mol. The highest BCUT2D eigenvalue weighted by molar-refractivity contribution is 9.10. The summed E-state index contributed by atoms with van der Waals surface area (Å²) in [6.45, 7) is -0.187. The third-order valence-electron chi connectivity index (χ3n) is 1.93. The highest BCUT2D eigenvalue weighted by atomic mass is 79.9. The van der Waals surface area contributed by atoms with Crippen LogP contribution >= 0.6 is 15.9 Å². The Hall–Kier alpha value is -1.67. The molecule has 0 radical (unpaired) electrons. The van der Waals surface area contributed by atoms with Crippen molar-refractivity contribution in [2.75, 3.05) is 25.1 Å². The molecule has 6 nitrogen and oxygen atoms in total. The number of halogens is 2. The summed E-state index contributed by atoms with van der Waals surface area (Å²) in [5, 5.41) is 13.2. The SMILES string of the molecule is O=C(O)COCCNC(=O)Nc1ccc(Br)c(F)c1. The number of carboxylic acid groups (broad SMARTS) is 1. The largest absolute Gasteiger partial charge is 0.480 e. The second-order valence-electron chi connectivity index (χ2n) is 3.46. The van der Waals surface area contributed by atoms with Crippen LogP contribution in [-0.4, -0.2) is 36.9 Å². The molecule has 3 N–H and O–H groups in total. The van der Waals surface area contributed by atoms with Gasteiger partial charge in [-0.2, -0.15) is 0 Å². The minimum absolute atomic E-state index is 0.0778. The van der Waals surface area contributed by atoms with E-state index in [1.807, 2.05) is 0 Å². The Morgan fingerprint density at radius 3 is 2.79 bits per heavy atom. The maximum absolute atomic E-state index is 13.2. The normalized spacial score (nSPS) is 10.0. The first-order valence-corrected chi connectivity index (χ1v) is 6.08. The Morgan fingerprint density at radius 1 is 1.42 bits per heavy atom. The number of hydrogen-bond acceptors (Lipinski definition) is 3. The summed E-state index contributed by atoms with van der Waals surface area (Å²) in [4.78, 5) is 21.5. The van der Waals surface area contributed by atoms with E-state index in [-0.39, 0.29) is 13.2 Å². The van der Waals surface area contributed by atoms with Gasteiger partial charge in [0.15, 0.2) is 0 Å². The van der Waals surface area contributed by atoms with Crippen molar-refractivity contribution >= 4 is 33.6 Å². The van der Waals surface area contributed by atoms with Gasteiger partial charge >= 0.3 is 12.0 Å². The van der Waals surface area contributed by atoms with Gasteiger partial charge in [0.2, 0.25) is 0 Å². The summed E-state index contributed by atoms with van der Waals surface area (Å²) < 4.78 is 18.2. The van der Waals surface area contributed by atoms with Crippen LogP contribution in [0.15, 0.2) is 22.7 Å². The van der Waals surface area contributed by atoms with Crippen LogP contribution in [0.5, 0.6) is 0 Å². The lowest BCUT2D eigenvalue weighted by molar-refractivity contribution is -0.142. The second-order valence-corrected chi connectivity index (χ2v) is 4.31. The number of carbonyl (C=O) groups is 2. The zero-order valence-electron chi connectivity index (χ0n) is 9.78. The van der Waals surface area contributed by atoms with Crippen molar-refractivity contribution in [1.82, 2.24) is 5.32 Å². The van der Waals surface area contributed by atoms with E-state index in [2.05, 4.69) is 26.6 Å². The van der Waals surface area contributed by atoms with E-state index < -0.39 is 24.4 Å². The molecule has 1 rings (SSSR count). The molecule has 1 aromatic carbocycles. The number of rotatable bonds is 6. The van der Waals surface area contributed by atoms with Gasteiger partial charge in [-0.25, -0.2) is 14.0 Å². The Labute approximate surface area is 117 Å². The highest BCUT2D eigenvalue weighted by Crippen LogP contribution is 2.19. The van der Waals surface area contributed by atoms with Gasteiger partial charge in [0, 0.05) is 12.2 Å². The number of carboxylic acids is 1. The summed E-state index contributed by atoms with van der Waals surface area (Å²) in [5.74, 6) is -1.56. The lowest BCUT2D eigenvalue weighted by atomic mass is 10.3. The molecule has 0 atom stereocenters. The maximum Gasteiger partial charge on any atom is 0.329 e. The van der Waals surface area contributed by atoms with E-state index in [4.69, 9.17) is 9.84 Å². The van der Waals surface area contributed by atoms with Gasteiger partial charge in [0.05, 0.1) is 11.1 Å². The van der Waals surface area contributed by atoms with Gasteiger partial charge in [-0.3, -0.25) is 0 Å². The Bertz CT molecular complexity index is 470. The average molecular weight is 335 g/mol. The molecular formula is C11H12BrFN2O4. The van der Waals surface area contributed by atoms with Crippen LogP contribution in [0.4, 0.5) is 14.9 Å². The number of anilines is 1. The fourth-order valence-corrected chi connectivity index (χ4v) is 1.39. The van der Waals surface area contributed by atoms with Gasteiger partial charge in [-0.1, -0.05) is 0 Å². The summed E-state index contributed by atoms with van der Waals surface area (Å²) >= 11 is 3.00. The second kappa shape index (κ2) is 7.70. The zero-order valence-corrected chi connectivity index (χ0v) is 11.4. The molecule has 19 heavy (non-hydrogen) atoms. The van der Waals surface area contributed by atoms with Crippen LogP contribution in [0.3, 0.4) is 0 Å². The van der Waals surface area contributed by atoms with Gasteiger partial charge < -0.3 is 20.5 Å². The summed E-state index contributed by atoms with van der Waals surface area (Å²) in [6, 6.07) is 3.65. The molecule has 2 amide bonds. The number of nitrogens with one attached hydrogen (secondary N) is 2. The number of hydrogen-bond donors (Lipinski definition) is 3. The molecule has 104 valence electrons. The molecule has 0 fully saturated rings. The van der Waals surface area contributed by atoms with Crippen molar-refractivity contribution < 1.29 is 23.8 Å². The standard InChI is InChI=1S/C11H12BrFN2O4/c12-8-2-1-7(5-9(8)13)15-11(18)14-3-4-19-6-10(16)17/h1-2,5H,3-4,6H2,(H,16,17)(H2,14,15,18). The minimum Gasteiger partial charge on any atom is -0.480 e. The number of benzene rings is 1. The molecule has 0 bridgehead atoms. The molecular weight excluding hydrogens is 323 g/mol. The van der Waals surface area contributed by atoms with Crippen LogP contribution in [-0.2, 0) is 9.53 Å². The van der Waals surface area contributed by atoms with Crippen LogP contribution in [0.25, 0.3) is 0 Å². The molecule has 0 aliphatic rings. The van der Waals surface area contributed by atoms with E-state index in [0.717, 1.165) is 0 Å². The summed E-state index contributed by atoms with van der Waals surface area (Å²) in [7, 11) is 0. The van der Waals surface area contributed by atoms with Crippen LogP contribution < -0.4 is 10.6 Å². The van der Waals surface area contributed by atoms with Crippen LogP contribution in [0.2, 0.25) is 0 Å². The van der Waals surface area contributed by atoms with Crippen LogP contribution in [0, 0.1) is 5.82 Å². The molecule has 0 aromatic heterocycles. The molecule has 8 heteroatoms. The zero-order chi connectivity index (χ0) is 14.3. The summed E-state index contributed by atoms with van der Waals surface area (Å²) in [6.07, 6.45) is 0. The summed E-state index contributed by atoms with van der Waals surface area (Å²) in [5.41, 5.74) is 0.310. The van der Waals surface area contributed by atoms with Crippen molar-refractivity contribution in [3.63, 3.8) is 0 Å². The topological polar surface area (TPSA) is 87.7 Å². The molecule has 1 aromatic rings. The van der Waals surface area contributed by atoms with Crippen molar-refractivity contribution in [3.8, 4) is 0 Å². The van der Waals surface area contributed by atoms with E-state index in [1.165, 1.54) is 18.2 Å². The van der Waals surface area contributed by atoms with E-state index in [9.17, 15) is 14.0 Å². The molecule has 0 aliphatic heterocycles. The number of ether oxygens (including phenoxy) is 1. The Balaban J connectivity index is 2.27. The fourth-order valence-electron chi connectivity index (χ4n) is 1.15. The van der Waals surface area contributed by atoms with Crippen molar-refractivity contribution in [1.29, 1.82) is 0 Å². The molecule has 0 heterocycles. The minimum atomic E-state index is -1.07. The lowest BCUT2D eigenvalue weighted by Crippen LogP contribution is -2.32. The quantitative estimate of drug-likeness (QED) is 0.692. The Morgan fingerprint density at radius 2 is 2.16 bits per heavy atom. The number of carbonyl (C=O) groups excluding carboxylic acids is 1. The maximum atomic E-state index is 13.2. The number of urea groups is 1. The van der Waals surface area contributed by atoms with Crippen molar-refractivity contribution in [2.24, 2.45) is 0 Å². The predicted octanol–water partition coefficient (Wildman–Crippen LogP) is 1.81. The molecule has 0 saturated heterocycles.